The summed E-state index contributed by atoms with van der Waals surface area (Å²) >= 11 is 0. The van der Waals surface area contributed by atoms with Gasteiger partial charge in [-0.25, -0.2) is 0 Å². The monoisotopic (exact) mass is 293 g/mol. The van der Waals surface area contributed by atoms with Crippen molar-refractivity contribution in [3.8, 4) is 0 Å². The lowest BCUT2D eigenvalue weighted by Gasteiger charge is -2.12. The first-order chi connectivity index (χ1) is 9.79. The zero-order chi connectivity index (χ0) is 16.0. The second-order valence-electron chi connectivity index (χ2n) is 4.89. The van der Waals surface area contributed by atoms with Crippen LogP contribution in [-0.4, -0.2) is 28.9 Å². The van der Waals surface area contributed by atoms with E-state index in [-0.39, 0.29) is 18.8 Å². The molecule has 0 fully saturated rings. The van der Waals surface area contributed by atoms with Crippen molar-refractivity contribution >= 4 is 23.5 Å². The van der Waals surface area contributed by atoms with Gasteiger partial charge in [-0.1, -0.05) is 19.1 Å². The summed E-state index contributed by atoms with van der Waals surface area (Å²) in [6.07, 6.45) is -0.186. The molecular formula is C14H19N3O4. The summed E-state index contributed by atoms with van der Waals surface area (Å²) in [5.41, 5.74) is 11.9. The van der Waals surface area contributed by atoms with Crippen LogP contribution in [-0.2, 0) is 14.4 Å². The van der Waals surface area contributed by atoms with Crippen LogP contribution >= 0.6 is 0 Å². The van der Waals surface area contributed by atoms with Crippen molar-refractivity contribution in [3.63, 3.8) is 0 Å². The van der Waals surface area contributed by atoms with Gasteiger partial charge >= 0.3 is 5.97 Å². The molecule has 0 saturated heterocycles. The minimum atomic E-state index is -0.992. The van der Waals surface area contributed by atoms with Crippen LogP contribution in [0.3, 0.4) is 0 Å². The van der Waals surface area contributed by atoms with Crippen molar-refractivity contribution in [2.24, 2.45) is 11.5 Å². The molecule has 0 spiro atoms. The van der Waals surface area contributed by atoms with Crippen LogP contribution in [0.15, 0.2) is 24.3 Å². The Morgan fingerprint density at radius 2 is 1.76 bits per heavy atom. The molecule has 0 radical (unpaired) electrons. The summed E-state index contributed by atoms with van der Waals surface area (Å²) in [7, 11) is 0. The summed E-state index contributed by atoms with van der Waals surface area (Å²) in [6.45, 7) is 1.81. The SMILES string of the molecule is CC(CC(=O)O)c1ccc(NC(=O)C(N)CC(N)=O)cc1. The molecule has 2 unspecified atom stereocenters. The molecule has 1 aromatic carbocycles. The highest BCUT2D eigenvalue weighted by Gasteiger charge is 2.16. The van der Waals surface area contributed by atoms with Gasteiger partial charge in [-0.3, -0.25) is 14.4 Å². The lowest BCUT2D eigenvalue weighted by Crippen LogP contribution is -2.38. The van der Waals surface area contributed by atoms with Crippen molar-refractivity contribution in [2.45, 2.75) is 31.7 Å². The predicted molar refractivity (Wildman–Crippen MR) is 77.5 cm³/mol. The van der Waals surface area contributed by atoms with Crippen molar-refractivity contribution < 1.29 is 19.5 Å². The molecule has 0 aliphatic heterocycles. The minimum absolute atomic E-state index is 0.0369. The molecule has 0 bridgehead atoms. The van der Waals surface area contributed by atoms with Crippen LogP contribution in [0.5, 0.6) is 0 Å². The Morgan fingerprint density at radius 3 is 2.24 bits per heavy atom. The zero-order valence-electron chi connectivity index (χ0n) is 11.7. The first-order valence-corrected chi connectivity index (χ1v) is 6.46. The van der Waals surface area contributed by atoms with E-state index in [0.717, 1.165) is 5.56 Å². The van der Waals surface area contributed by atoms with Crippen molar-refractivity contribution in [1.82, 2.24) is 0 Å². The maximum Gasteiger partial charge on any atom is 0.303 e. The number of nitrogens with two attached hydrogens (primary N) is 2. The molecule has 21 heavy (non-hydrogen) atoms. The maximum atomic E-state index is 11.7. The van der Waals surface area contributed by atoms with E-state index in [1.807, 2.05) is 6.92 Å². The Kier molecular flexibility index (Phi) is 5.86. The van der Waals surface area contributed by atoms with Crippen LogP contribution in [0, 0.1) is 0 Å². The van der Waals surface area contributed by atoms with Gasteiger partial charge < -0.3 is 21.9 Å². The second-order valence-corrected chi connectivity index (χ2v) is 4.89. The third-order valence-corrected chi connectivity index (χ3v) is 2.99. The summed E-state index contributed by atoms with van der Waals surface area (Å²) < 4.78 is 0. The van der Waals surface area contributed by atoms with E-state index in [2.05, 4.69) is 5.32 Å². The predicted octanol–water partition coefficient (Wildman–Crippen LogP) is 0.406. The van der Waals surface area contributed by atoms with Gasteiger partial charge in [0.2, 0.25) is 11.8 Å². The summed E-state index contributed by atoms with van der Waals surface area (Å²) in [6, 6.07) is 5.80. The highest BCUT2D eigenvalue weighted by molar-refractivity contribution is 5.97. The molecule has 1 aromatic rings. The Bertz CT molecular complexity index is 528. The second kappa shape index (κ2) is 7.39. The number of nitrogens with one attached hydrogen (secondary N) is 1. The van der Waals surface area contributed by atoms with Gasteiger partial charge in [0, 0.05) is 5.69 Å². The molecule has 7 nitrogen and oxygen atoms in total. The minimum Gasteiger partial charge on any atom is -0.481 e. The topological polar surface area (TPSA) is 136 Å². The number of hydrogen-bond donors (Lipinski definition) is 4. The fourth-order valence-corrected chi connectivity index (χ4v) is 1.82. The fraction of sp³-hybridized carbons (Fsp3) is 0.357. The Morgan fingerprint density at radius 1 is 1.19 bits per heavy atom. The van der Waals surface area contributed by atoms with Crippen LogP contribution in [0.4, 0.5) is 5.69 Å². The average molecular weight is 293 g/mol. The maximum absolute atomic E-state index is 11.7. The first-order valence-electron chi connectivity index (χ1n) is 6.46. The van der Waals surface area contributed by atoms with Crippen LogP contribution in [0.25, 0.3) is 0 Å². The van der Waals surface area contributed by atoms with Gasteiger partial charge in [-0.15, -0.1) is 0 Å². The van der Waals surface area contributed by atoms with Crippen molar-refractivity contribution in [2.75, 3.05) is 5.32 Å². The van der Waals surface area contributed by atoms with E-state index in [1.165, 1.54) is 0 Å². The molecule has 0 saturated carbocycles. The Balaban J connectivity index is 2.64. The van der Waals surface area contributed by atoms with Crippen LogP contribution in [0.1, 0.15) is 31.2 Å². The summed E-state index contributed by atoms with van der Waals surface area (Å²) in [4.78, 5) is 33.0. The molecule has 2 amide bonds. The third-order valence-electron chi connectivity index (χ3n) is 2.99. The Hall–Kier alpha value is -2.41. The molecule has 2 atom stereocenters. The van der Waals surface area contributed by atoms with Gasteiger partial charge in [0.1, 0.15) is 0 Å². The molecule has 6 N–H and O–H groups in total. The number of rotatable bonds is 7. The Labute approximate surface area is 122 Å². The van der Waals surface area contributed by atoms with Gasteiger partial charge in [-0.2, -0.15) is 0 Å². The van der Waals surface area contributed by atoms with Gasteiger partial charge in [-0.05, 0) is 23.6 Å². The molecule has 0 aliphatic carbocycles. The molecule has 0 heterocycles. The number of hydrogen-bond acceptors (Lipinski definition) is 4. The molecule has 114 valence electrons. The number of amides is 2. The number of carboxylic acid groups (broad SMARTS) is 1. The smallest absolute Gasteiger partial charge is 0.303 e. The highest BCUT2D eigenvalue weighted by Crippen LogP contribution is 2.21. The quantitative estimate of drug-likeness (QED) is 0.577. The molecular weight excluding hydrogens is 274 g/mol. The number of carbonyl (C=O) groups is 3. The average Bonchev–Trinajstić information content (AvgIpc) is 2.37. The van der Waals surface area contributed by atoms with Gasteiger partial charge in [0.25, 0.3) is 0 Å². The van der Waals surface area contributed by atoms with E-state index >= 15 is 0 Å². The van der Waals surface area contributed by atoms with Crippen LogP contribution in [0.2, 0.25) is 0 Å². The molecule has 0 aliphatic rings. The normalized spacial score (nSPS) is 13.2. The number of benzene rings is 1. The largest absolute Gasteiger partial charge is 0.481 e. The number of anilines is 1. The van der Waals surface area contributed by atoms with Crippen LogP contribution < -0.4 is 16.8 Å². The highest BCUT2D eigenvalue weighted by atomic mass is 16.4. The number of aliphatic carboxylic acids is 1. The fourth-order valence-electron chi connectivity index (χ4n) is 1.82. The summed E-state index contributed by atoms with van der Waals surface area (Å²) in [5, 5.41) is 11.3. The van der Waals surface area contributed by atoms with E-state index in [0.29, 0.717) is 5.69 Å². The van der Waals surface area contributed by atoms with E-state index in [1.54, 1.807) is 24.3 Å². The number of primary amides is 1. The third kappa shape index (κ3) is 5.62. The zero-order valence-corrected chi connectivity index (χ0v) is 11.7. The summed E-state index contributed by atoms with van der Waals surface area (Å²) in [5.74, 6) is -2.13. The molecule has 7 heteroatoms. The standard InChI is InChI=1S/C14H19N3O4/c1-8(6-13(19)20)9-2-4-10(5-3-9)17-14(21)11(15)7-12(16)18/h2-5,8,11H,6-7,15H2,1H3,(H2,16,18)(H,17,21)(H,19,20). The van der Waals surface area contributed by atoms with E-state index in [4.69, 9.17) is 16.6 Å². The number of carbonyl (C=O) groups excluding carboxylic acids is 2. The molecule has 0 aromatic heterocycles. The lowest BCUT2D eigenvalue weighted by atomic mass is 9.98. The lowest BCUT2D eigenvalue weighted by molar-refractivity contribution is -0.137. The van der Waals surface area contributed by atoms with E-state index in [9.17, 15) is 14.4 Å². The molecule has 1 rings (SSSR count). The van der Waals surface area contributed by atoms with E-state index < -0.39 is 23.8 Å². The number of carboxylic acids is 1. The van der Waals surface area contributed by atoms with Gasteiger partial charge in [0.05, 0.1) is 18.9 Å². The first kappa shape index (κ1) is 16.6. The van der Waals surface area contributed by atoms with Gasteiger partial charge in [0.15, 0.2) is 0 Å². The van der Waals surface area contributed by atoms with Crippen molar-refractivity contribution in [3.05, 3.63) is 29.8 Å². The van der Waals surface area contributed by atoms with Crippen molar-refractivity contribution in [1.29, 1.82) is 0 Å².